The van der Waals surface area contributed by atoms with Crippen LogP contribution in [0.4, 0.5) is 14.6 Å². The molecular weight excluding hydrogens is 336 g/mol. The molecule has 3 heterocycles. The van der Waals surface area contributed by atoms with Crippen LogP contribution < -0.4 is 5.32 Å². The fourth-order valence-electron chi connectivity index (χ4n) is 1.85. The minimum absolute atomic E-state index is 0.168. The molecule has 0 aromatic carbocycles. The van der Waals surface area contributed by atoms with Crippen LogP contribution in [0, 0.1) is 0 Å². The maximum absolute atomic E-state index is 12.8. The third kappa shape index (κ3) is 3.01. The average Bonchev–Trinajstić information content (AvgIpc) is 3.10. The first-order chi connectivity index (χ1) is 10.5. The Morgan fingerprint density at radius 2 is 2.09 bits per heavy atom. The highest BCUT2D eigenvalue weighted by molar-refractivity contribution is 7.16. The summed E-state index contributed by atoms with van der Waals surface area (Å²) in [7, 11) is 0. The highest BCUT2D eigenvalue weighted by atomic mass is 35.5. The molecule has 0 aliphatic rings. The Balaban J connectivity index is 1.75. The van der Waals surface area contributed by atoms with E-state index in [0.717, 1.165) is 4.52 Å². The van der Waals surface area contributed by atoms with Gasteiger partial charge in [0.1, 0.15) is 11.9 Å². The summed E-state index contributed by atoms with van der Waals surface area (Å²) in [6, 6.07) is 6.52. The lowest BCUT2D eigenvalue weighted by Gasteiger charge is -2.10. The molecular formula is C12H10ClF2N5OS. The number of nitrogens with zero attached hydrogens (tertiary/aromatic N) is 4. The molecule has 3 aromatic rings. The van der Waals surface area contributed by atoms with Crippen molar-refractivity contribution >= 4 is 34.4 Å². The van der Waals surface area contributed by atoms with E-state index >= 15 is 0 Å². The molecule has 2 N–H and O–H groups in total. The summed E-state index contributed by atoms with van der Waals surface area (Å²) in [6.07, 6.45) is -3.54. The number of halogens is 3. The Hall–Kier alpha value is -1.84. The van der Waals surface area contributed by atoms with Crippen LogP contribution >= 0.6 is 22.9 Å². The molecule has 0 saturated carbocycles. The van der Waals surface area contributed by atoms with Gasteiger partial charge in [0.2, 0.25) is 5.82 Å². The first kappa shape index (κ1) is 15.1. The molecule has 0 radical (unpaired) electrons. The molecule has 3 aromatic heterocycles. The molecule has 3 rings (SSSR count). The van der Waals surface area contributed by atoms with Crippen molar-refractivity contribution in [3.05, 3.63) is 39.3 Å². The van der Waals surface area contributed by atoms with Gasteiger partial charge in [0.05, 0.1) is 4.34 Å². The molecule has 0 spiro atoms. The topological polar surface area (TPSA) is 75.3 Å². The molecule has 1 atom stereocenters. The van der Waals surface area contributed by atoms with Crippen molar-refractivity contribution in [3.63, 3.8) is 0 Å². The van der Waals surface area contributed by atoms with Gasteiger partial charge in [0.25, 0.3) is 6.43 Å². The van der Waals surface area contributed by atoms with Gasteiger partial charge < -0.3 is 10.4 Å². The van der Waals surface area contributed by atoms with Gasteiger partial charge >= 0.3 is 0 Å². The van der Waals surface area contributed by atoms with E-state index in [4.69, 9.17) is 11.6 Å². The van der Waals surface area contributed by atoms with Crippen LogP contribution in [-0.4, -0.2) is 31.5 Å². The summed E-state index contributed by atoms with van der Waals surface area (Å²) in [5.74, 6) is -0.194. The third-order valence-electron chi connectivity index (χ3n) is 2.88. The zero-order valence-electron chi connectivity index (χ0n) is 10.9. The van der Waals surface area contributed by atoms with E-state index in [0.29, 0.717) is 15.0 Å². The Morgan fingerprint density at radius 1 is 1.27 bits per heavy atom. The van der Waals surface area contributed by atoms with Crippen LogP contribution in [0.3, 0.4) is 0 Å². The van der Waals surface area contributed by atoms with Crippen molar-refractivity contribution < 1.29 is 13.9 Å². The number of rotatable bonds is 5. The molecule has 1 unspecified atom stereocenters. The van der Waals surface area contributed by atoms with Crippen LogP contribution in [0.5, 0.6) is 0 Å². The molecule has 0 bridgehead atoms. The highest BCUT2D eigenvalue weighted by Crippen LogP contribution is 2.27. The van der Waals surface area contributed by atoms with Gasteiger partial charge in [-0.05, 0) is 24.3 Å². The van der Waals surface area contributed by atoms with Gasteiger partial charge in [-0.3, -0.25) is 0 Å². The molecule has 0 fully saturated rings. The zero-order valence-corrected chi connectivity index (χ0v) is 12.5. The number of hydrogen-bond donors (Lipinski definition) is 2. The SMILES string of the molecule is OC(CNc1ccc2nnc(C(F)F)n2n1)c1ccc(Cl)s1. The van der Waals surface area contributed by atoms with Crippen molar-refractivity contribution in [2.45, 2.75) is 12.5 Å². The number of anilines is 1. The van der Waals surface area contributed by atoms with E-state index in [1.54, 1.807) is 18.2 Å². The smallest absolute Gasteiger partial charge is 0.299 e. The number of fused-ring (bicyclic) bond motifs is 1. The summed E-state index contributed by atoms with van der Waals surface area (Å²) in [5, 5.41) is 23.9. The quantitative estimate of drug-likeness (QED) is 0.743. The van der Waals surface area contributed by atoms with E-state index in [9.17, 15) is 13.9 Å². The molecule has 0 saturated heterocycles. The van der Waals surface area contributed by atoms with Crippen molar-refractivity contribution in [2.75, 3.05) is 11.9 Å². The standard InChI is InChI=1S/C12H10ClF2N5OS/c13-8-2-1-7(22-8)6(21)5-16-9-3-4-10-17-18-12(11(14)15)20(10)19-9/h1-4,6,11,21H,5H2,(H,16,19). The maximum atomic E-state index is 12.8. The molecule has 0 amide bonds. The Kier molecular flexibility index (Phi) is 4.19. The molecule has 0 aliphatic carbocycles. The second kappa shape index (κ2) is 6.11. The number of nitrogens with one attached hydrogen (secondary N) is 1. The van der Waals surface area contributed by atoms with Gasteiger partial charge in [0, 0.05) is 11.4 Å². The predicted molar refractivity (Wildman–Crippen MR) is 78.5 cm³/mol. The van der Waals surface area contributed by atoms with E-state index in [1.165, 1.54) is 17.4 Å². The highest BCUT2D eigenvalue weighted by Gasteiger charge is 2.17. The van der Waals surface area contributed by atoms with E-state index in [-0.39, 0.29) is 12.2 Å². The Bertz CT molecular complexity index is 793. The average molecular weight is 346 g/mol. The number of aromatic nitrogens is 4. The van der Waals surface area contributed by atoms with Gasteiger partial charge in [0.15, 0.2) is 5.65 Å². The predicted octanol–water partition coefficient (Wildman–Crippen LogP) is 2.92. The molecule has 10 heteroatoms. The monoisotopic (exact) mass is 345 g/mol. The Labute approximate surface area is 132 Å². The normalized spacial score (nSPS) is 13.0. The Morgan fingerprint density at radius 3 is 2.77 bits per heavy atom. The van der Waals surface area contributed by atoms with Crippen molar-refractivity contribution in [1.82, 2.24) is 19.8 Å². The molecule has 116 valence electrons. The zero-order chi connectivity index (χ0) is 15.7. The van der Waals surface area contributed by atoms with Gasteiger partial charge in [-0.2, -0.15) is 4.52 Å². The largest absolute Gasteiger partial charge is 0.386 e. The van der Waals surface area contributed by atoms with Gasteiger partial charge in [-0.15, -0.1) is 26.6 Å². The minimum Gasteiger partial charge on any atom is -0.386 e. The number of aliphatic hydroxyl groups is 1. The van der Waals surface area contributed by atoms with E-state index in [1.807, 2.05) is 0 Å². The second-order valence-corrected chi connectivity index (χ2v) is 6.13. The lowest BCUT2D eigenvalue weighted by molar-refractivity contribution is 0.137. The molecule has 22 heavy (non-hydrogen) atoms. The fourth-order valence-corrected chi connectivity index (χ4v) is 2.89. The second-order valence-electron chi connectivity index (χ2n) is 4.39. The summed E-state index contributed by atoms with van der Waals surface area (Å²) >= 11 is 7.08. The number of thiophene rings is 1. The summed E-state index contributed by atoms with van der Waals surface area (Å²) in [6.45, 7) is 0.168. The van der Waals surface area contributed by atoms with Gasteiger partial charge in [-0.25, -0.2) is 8.78 Å². The van der Waals surface area contributed by atoms with Crippen LogP contribution in [0.2, 0.25) is 4.34 Å². The maximum Gasteiger partial charge on any atom is 0.299 e. The van der Waals surface area contributed by atoms with Crippen molar-refractivity contribution in [2.24, 2.45) is 0 Å². The van der Waals surface area contributed by atoms with Crippen molar-refractivity contribution in [1.29, 1.82) is 0 Å². The fraction of sp³-hybridized carbons (Fsp3) is 0.250. The van der Waals surface area contributed by atoms with E-state index in [2.05, 4.69) is 20.6 Å². The number of aliphatic hydroxyl groups excluding tert-OH is 1. The minimum atomic E-state index is -2.77. The summed E-state index contributed by atoms with van der Waals surface area (Å²) in [4.78, 5) is 0.705. The summed E-state index contributed by atoms with van der Waals surface area (Å²) < 4.78 is 27.1. The first-order valence-electron chi connectivity index (χ1n) is 6.22. The first-order valence-corrected chi connectivity index (χ1v) is 7.41. The van der Waals surface area contributed by atoms with E-state index < -0.39 is 18.4 Å². The van der Waals surface area contributed by atoms with Crippen molar-refractivity contribution in [3.8, 4) is 0 Å². The van der Waals surface area contributed by atoms with Crippen LogP contribution in [-0.2, 0) is 0 Å². The lowest BCUT2D eigenvalue weighted by Crippen LogP contribution is -2.13. The van der Waals surface area contributed by atoms with Crippen LogP contribution in [0.25, 0.3) is 5.65 Å². The van der Waals surface area contributed by atoms with Gasteiger partial charge in [-0.1, -0.05) is 11.6 Å². The third-order valence-corrected chi connectivity index (χ3v) is 4.21. The van der Waals surface area contributed by atoms with Crippen LogP contribution in [0.1, 0.15) is 23.2 Å². The molecule has 6 nitrogen and oxygen atoms in total. The number of alkyl halides is 2. The molecule has 0 aliphatic heterocycles. The van der Waals surface area contributed by atoms with Crippen LogP contribution in [0.15, 0.2) is 24.3 Å². The number of hydrogen-bond acceptors (Lipinski definition) is 6. The summed E-state index contributed by atoms with van der Waals surface area (Å²) in [5.41, 5.74) is 0.228. The lowest BCUT2D eigenvalue weighted by atomic mass is 10.3.